The minimum Gasteiger partial charge on any atom is -0.480 e. The first-order valence-corrected chi connectivity index (χ1v) is 5.80. The zero-order chi connectivity index (χ0) is 13.3. The van der Waals surface area contributed by atoms with E-state index in [2.05, 4.69) is 5.32 Å². The molecule has 0 amide bonds. The summed E-state index contributed by atoms with van der Waals surface area (Å²) in [6.45, 7) is 0. The Morgan fingerprint density at radius 2 is 2.22 bits per heavy atom. The maximum absolute atomic E-state index is 11.1. The lowest BCUT2D eigenvalue weighted by Crippen LogP contribution is -2.31. The van der Waals surface area contributed by atoms with E-state index in [1.807, 2.05) is 0 Å². The van der Waals surface area contributed by atoms with Crippen LogP contribution in [0.2, 0.25) is 5.02 Å². The van der Waals surface area contributed by atoms with Gasteiger partial charge in [-0.25, -0.2) is 4.79 Å². The second-order valence-corrected chi connectivity index (χ2v) is 4.65. The van der Waals surface area contributed by atoms with E-state index in [9.17, 15) is 14.9 Å². The van der Waals surface area contributed by atoms with Gasteiger partial charge in [0.05, 0.1) is 4.92 Å². The third-order valence-corrected chi connectivity index (χ3v) is 3.06. The number of nitrogens with zero attached hydrogens (tertiary/aromatic N) is 1. The lowest BCUT2D eigenvalue weighted by molar-refractivity contribution is -0.384. The van der Waals surface area contributed by atoms with Gasteiger partial charge in [0.15, 0.2) is 0 Å². The van der Waals surface area contributed by atoms with Gasteiger partial charge >= 0.3 is 5.97 Å². The van der Waals surface area contributed by atoms with Crippen LogP contribution in [0.1, 0.15) is 12.8 Å². The molecule has 2 rings (SSSR count). The predicted octanol–water partition coefficient (Wildman–Crippen LogP) is 2.52. The fourth-order valence-corrected chi connectivity index (χ4v) is 1.93. The Balaban J connectivity index is 2.28. The summed E-state index contributed by atoms with van der Waals surface area (Å²) in [6.07, 6.45) is 1.64. The number of anilines is 1. The van der Waals surface area contributed by atoms with Crippen LogP contribution < -0.4 is 5.32 Å². The highest BCUT2D eigenvalue weighted by Crippen LogP contribution is 2.36. The van der Waals surface area contributed by atoms with Crippen molar-refractivity contribution in [3.8, 4) is 0 Å². The van der Waals surface area contributed by atoms with Crippen LogP contribution in [0.3, 0.4) is 0 Å². The maximum Gasteiger partial charge on any atom is 0.326 e. The third kappa shape index (κ3) is 2.70. The van der Waals surface area contributed by atoms with Gasteiger partial charge in [-0.05, 0) is 30.9 Å². The fraction of sp³-hybridized carbons (Fsp3) is 0.364. The molecule has 1 aliphatic rings. The van der Waals surface area contributed by atoms with Crippen LogP contribution in [0.5, 0.6) is 0 Å². The van der Waals surface area contributed by atoms with E-state index in [4.69, 9.17) is 16.7 Å². The van der Waals surface area contributed by atoms with E-state index in [1.165, 1.54) is 18.2 Å². The number of carboxylic acid groups (broad SMARTS) is 1. The van der Waals surface area contributed by atoms with E-state index in [0.29, 0.717) is 5.02 Å². The molecular formula is C11H11ClN2O4. The second kappa shape index (κ2) is 4.81. The number of carboxylic acids is 1. The Morgan fingerprint density at radius 1 is 1.56 bits per heavy atom. The number of benzene rings is 1. The molecule has 1 aliphatic carbocycles. The van der Waals surface area contributed by atoms with Crippen LogP contribution in [-0.4, -0.2) is 22.0 Å². The van der Waals surface area contributed by atoms with Crippen molar-refractivity contribution in [3.63, 3.8) is 0 Å². The molecule has 0 radical (unpaired) electrons. The summed E-state index contributed by atoms with van der Waals surface area (Å²) in [5.41, 5.74) is -0.0295. The summed E-state index contributed by atoms with van der Waals surface area (Å²) in [5, 5.41) is 23.0. The zero-order valence-electron chi connectivity index (χ0n) is 9.30. The van der Waals surface area contributed by atoms with Crippen molar-refractivity contribution in [2.24, 2.45) is 5.92 Å². The number of nitro groups is 1. The summed E-state index contributed by atoms with van der Waals surface area (Å²) in [5.74, 6) is -0.979. The van der Waals surface area contributed by atoms with E-state index in [1.54, 1.807) is 0 Å². The molecule has 1 aromatic rings. The lowest BCUT2D eigenvalue weighted by Gasteiger charge is -2.15. The molecule has 1 aromatic carbocycles. The summed E-state index contributed by atoms with van der Waals surface area (Å²) in [4.78, 5) is 21.4. The lowest BCUT2D eigenvalue weighted by atomic mass is 10.1. The average molecular weight is 271 g/mol. The van der Waals surface area contributed by atoms with Gasteiger partial charge < -0.3 is 10.4 Å². The Labute approximate surface area is 108 Å². The number of carbonyl (C=O) groups is 1. The highest BCUT2D eigenvalue weighted by atomic mass is 35.5. The first-order valence-electron chi connectivity index (χ1n) is 5.42. The van der Waals surface area contributed by atoms with E-state index >= 15 is 0 Å². The van der Waals surface area contributed by atoms with Crippen molar-refractivity contribution < 1.29 is 14.8 Å². The second-order valence-electron chi connectivity index (χ2n) is 4.22. The Hall–Kier alpha value is -1.82. The summed E-state index contributed by atoms with van der Waals surface area (Å²) >= 11 is 5.77. The molecule has 1 fully saturated rings. The molecule has 1 saturated carbocycles. The van der Waals surface area contributed by atoms with Gasteiger partial charge in [0.25, 0.3) is 5.69 Å². The Morgan fingerprint density at radius 3 is 2.72 bits per heavy atom. The first-order chi connectivity index (χ1) is 8.49. The molecule has 7 heteroatoms. The molecular weight excluding hydrogens is 260 g/mol. The van der Waals surface area contributed by atoms with Crippen molar-refractivity contribution in [1.29, 1.82) is 0 Å². The number of aliphatic carboxylic acids is 1. The zero-order valence-corrected chi connectivity index (χ0v) is 10.1. The number of halogens is 1. The van der Waals surface area contributed by atoms with E-state index in [-0.39, 0.29) is 17.3 Å². The predicted molar refractivity (Wildman–Crippen MR) is 65.9 cm³/mol. The standard InChI is InChI=1S/C11H11ClN2O4/c12-7-3-4-9(14(17)18)8(5-7)13-10(11(15)16)6-1-2-6/h3-6,10,13H,1-2H2,(H,15,16). The van der Waals surface area contributed by atoms with Crippen molar-refractivity contribution >= 4 is 28.9 Å². The van der Waals surface area contributed by atoms with Crippen LogP contribution in [-0.2, 0) is 4.79 Å². The van der Waals surface area contributed by atoms with Crippen molar-refractivity contribution in [3.05, 3.63) is 33.3 Å². The molecule has 0 aliphatic heterocycles. The smallest absolute Gasteiger partial charge is 0.326 e. The number of rotatable bonds is 5. The van der Waals surface area contributed by atoms with Crippen molar-refractivity contribution in [2.45, 2.75) is 18.9 Å². The van der Waals surface area contributed by atoms with Crippen LogP contribution >= 0.6 is 11.6 Å². The van der Waals surface area contributed by atoms with Crippen LogP contribution in [0.4, 0.5) is 11.4 Å². The van der Waals surface area contributed by atoms with Crippen LogP contribution in [0, 0.1) is 16.0 Å². The molecule has 96 valence electrons. The molecule has 18 heavy (non-hydrogen) atoms. The number of hydrogen-bond donors (Lipinski definition) is 2. The number of hydrogen-bond acceptors (Lipinski definition) is 4. The van der Waals surface area contributed by atoms with Crippen LogP contribution in [0.15, 0.2) is 18.2 Å². The van der Waals surface area contributed by atoms with Gasteiger partial charge in [-0.1, -0.05) is 11.6 Å². The molecule has 0 saturated heterocycles. The molecule has 2 N–H and O–H groups in total. The topological polar surface area (TPSA) is 92.5 Å². The van der Waals surface area contributed by atoms with E-state index < -0.39 is 16.9 Å². The Kier molecular flexibility index (Phi) is 3.38. The van der Waals surface area contributed by atoms with Gasteiger partial charge in [0.1, 0.15) is 11.7 Å². The number of nitro benzene ring substituents is 1. The summed E-state index contributed by atoms with van der Waals surface area (Å²) < 4.78 is 0. The van der Waals surface area contributed by atoms with Crippen LogP contribution in [0.25, 0.3) is 0 Å². The molecule has 6 nitrogen and oxygen atoms in total. The molecule has 0 bridgehead atoms. The van der Waals surface area contributed by atoms with Gasteiger partial charge in [0, 0.05) is 11.1 Å². The van der Waals surface area contributed by atoms with Crippen molar-refractivity contribution in [1.82, 2.24) is 0 Å². The average Bonchev–Trinajstić information content (AvgIpc) is 3.08. The van der Waals surface area contributed by atoms with Gasteiger partial charge in [-0.15, -0.1) is 0 Å². The van der Waals surface area contributed by atoms with Gasteiger partial charge in [-0.2, -0.15) is 0 Å². The number of nitrogens with one attached hydrogen (secondary N) is 1. The fourth-order valence-electron chi connectivity index (χ4n) is 1.76. The molecule has 1 atom stereocenters. The third-order valence-electron chi connectivity index (χ3n) is 2.83. The first kappa shape index (κ1) is 12.6. The largest absolute Gasteiger partial charge is 0.480 e. The van der Waals surface area contributed by atoms with Gasteiger partial charge in [0.2, 0.25) is 0 Å². The minimum absolute atomic E-state index is 0.0288. The monoisotopic (exact) mass is 270 g/mol. The summed E-state index contributed by atoms with van der Waals surface area (Å²) in [7, 11) is 0. The molecule has 0 spiro atoms. The Bertz CT molecular complexity index is 502. The molecule has 0 heterocycles. The van der Waals surface area contributed by atoms with Crippen molar-refractivity contribution in [2.75, 3.05) is 5.32 Å². The van der Waals surface area contributed by atoms with E-state index in [0.717, 1.165) is 12.8 Å². The minimum atomic E-state index is -1.01. The van der Waals surface area contributed by atoms with Gasteiger partial charge in [-0.3, -0.25) is 10.1 Å². The quantitative estimate of drug-likeness (QED) is 0.633. The highest BCUT2D eigenvalue weighted by Gasteiger charge is 2.37. The molecule has 1 unspecified atom stereocenters. The highest BCUT2D eigenvalue weighted by molar-refractivity contribution is 6.31. The summed E-state index contributed by atoms with van der Waals surface area (Å²) in [6, 6.07) is 3.23. The molecule has 0 aromatic heterocycles. The normalized spacial score (nSPS) is 16.1. The maximum atomic E-state index is 11.1. The SMILES string of the molecule is O=C(O)C(Nc1cc(Cl)ccc1[N+](=O)[O-])C1CC1.